The van der Waals surface area contributed by atoms with Gasteiger partial charge in [0.05, 0.1) is 4.90 Å². The van der Waals surface area contributed by atoms with Crippen LogP contribution >= 0.6 is 27.1 Å². The first-order valence-corrected chi connectivity index (χ1v) is 12.5. The standard InChI is InChI=1S/C23H27ClP2/c1-5-22(4)16-10-11-17-23(22,25-24)26(20-14-8-6-12-18(20)2)21-15-9-7-13-19(21)3/h6-17,25H,5H2,1-4H3. The van der Waals surface area contributed by atoms with Crippen LogP contribution in [0.5, 0.6) is 0 Å². The summed E-state index contributed by atoms with van der Waals surface area (Å²) in [6.45, 7) is 9.14. The first-order valence-electron chi connectivity index (χ1n) is 9.15. The monoisotopic (exact) mass is 400 g/mol. The Bertz CT molecular complexity index is 796. The molecule has 26 heavy (non-hydrogen) atoms. The molecule has 2 aromatic rings. The number of benzene rings is 2. The van der Waals surface area contributed by atoms with Gasteiger partial charge in [0.2, 0.25) is 0 Å². The zero-order valence-corrected chi connectivity index (χ0v) is 18.6. The molecule has 0 nitrogen and oxygen atoms in total. The molecule has 3 unspecified atom stereocenters. The summed E-state index contributed by atoms with van der Waals surface area (Å²) in [6.07, 6.45) is 10.3. The highest BCUT2D eigenvalue weighted by molar-refractivity contribution is 7.88. The van der Waals surface area contributed by atoms with E-state index in [2.05, 4.69) is 101 Å². The van der Waals surface area contributed by atoms with Gasteiger partial charge in [-0.15, -0.1) is 0 Å². The van der Waals surface area contributed by atoms with E-state index in [1.54, 1.807) is 0 Å². The molecule has 3 atom stereocenters. The molecule has 136 valence electrons. The van der Waals surface area contributed by atoms with Crippen molar-refractivity contribution in [1.82, 2.24) is 0 Å². The smallest absolute Gasteiger partial charge is 0.0567 e. The SMILES string of the molecule is CCC1(C)C=CC=CC1(PCl)P(c1ccccc1C)c1ccccc1C. The predicted molar refractivity (Wildman–Crippen MR) is 122 cm³/mol. The summed E-state index contributed by atoms with van der Waals surface area (Å²) < 4.78 is 0. The van der Waals surface area contributed by atoms with Crippen molar-refractivity contribution in [2.75, 3.05) is 0 Å². The van der Waals surface area contributed by atoms with E-state index < -0.39 is 7.92 Å². The molecule has 1 aliphatic rings. The van der Waals surface area contributed by atoms with E-state index in [1.807, 2.05) is 0 Å². The van der Waals surface area contributed by atoms with Crippen LogP contribution in [0.25, 0.3) is 0 Å². The number of halogens is 1. The third-order valence-corrected chi connectivity index (χ3v) is 12.4. The second-order valence-corrected chi connectivity index (χ2v) is 11.6. The van der Waals surface area contributed by atoms with Gasteiger partial charge >= 0.3 is 0 Å². The molecule has 0 saturated heterocycles. The number of allylic oxidation sites excluding steroid dienone is 4. The minimum absolute atomic E-state index is 0.0399. The van der Waals surface area contributed by atoms with Crippen LogP contribution in [0.2, 0.25) is 0 Å². The Balaban J connectivity index is 2.34. The average Bonchev–Trinajstić information content (AvgIpc) is 2.66. The predicted octanol–water partition coefficient (Wildman–Crippen LogP) is 6.81. The molecule has 0 aromatic heterocycles. The highest BCUT2D eigenvalue weighted by Crippen LogP contribution is 2.70. The van der Waals surface area contributed by atoms with Gasteiger partial charge < -0.3 is 0 Å². The summed E-state index contributed by atoms with van der Waals surface area (Å²) >= 11 is 6.86. The maximum absolute atomic E-state index is 6.86. The zero-order valence-electron chi connectivity index (χ0n) is 16.0. The molecule has 0 saturated carbocycles. The number of hydrogen-bond acceptors (Lipinski definition) is 0. The van der Waals surface area contributed by atoms with Crippen molar-refractivity contribution in [1.29, 1.82) is 0 Å². The Labute approximate surface area is 166 Å². The first kappa shape index (κ1) is 19.8. The van der Waals surface area contributed by atoms with Gasteiger partial charge in [-0.3, -0.25) is 0 Å². The molecular formula is C23H27ClP2. The van der Waals surface area contributed by atoms with Crippen LogP contribution in [0, 0.1) is 19.3 Å². The first-order chi connectivity index (χ1) is 12.5. The molecule has 0 radical (unpaired) electrons. The van der Waals surface area contributed by atoms with Crippen LogP contribution in [-0.4, -0.2) is 4.90 Å². The molecule has 1 aliphatic carbocycles. The molecule has 3 rings (SSSR count). The van der Waals surface area contributed by atoms with Crippen molar-refractivity contribution in [3.63, 3.8) is 0 Å². The van der Waals surface area contributed by atoms with Gasteiger partial charge in [-0.25, -0.2) is 0 Å². The van der Waals surface area contributed by atoms with E-state index in [0.29, 0.717) is 7.93 Å². The maximum Gasteiger partial charge on any atom is 0.0567 e. The van der Waals surface area contributed by atoms with Crippen LogP contribution in [-0.2, 0) is 0 Å². The van der Waals surface area contributed by atoms with E-state index >= 15 is 0 Å². The lowest BCUT2D eigenvalue weighted by Crippen LogP contribution is -2.44. The van der Waals surface area contributed by atoms with E-state index in [4.69, 9.17) is 11.2 Å². The second-order valence-electron chi connectivity index (χ2n) is 7.26. The molecule has 0 bridgehead atoms. The lowest BCUT2D eigenvalue weighted by atomic mass is 9.80. The molecule has 0 aliphatic heterocycles. The lowest BCUT2D eigenvalue weighted by molar-refractivity contribution is 0.398. The number of hydrogen-bond donors (Lipinski definition) is 0. The van der Waals surface area contributed by atoms with Gasteiger partial charge in [0, 0.05) is 5.41 Å². The van der Waals surface area contributed by atoms with Crippen molar-refractivity contribution in [3.8, 4) is 0 Å². The number of aryl methyl sites for hydroxylation is 2. The van der Waals surface area contributed by atoms with Crippen LogP contribution in [0.15, 0.2) is 72.8 Å². The number of rotatable bonds is 5. The van der Waals surface area contributed by atoms with Crippen LogP contribution in [0.4, 0.5) is 0 Å². The normalized spacial score (nSPS) is 25.5. The van der Waals surface area contributed by atoms with E-state index in [9.17, 15) is 0 Å². The molecule has 0 spiro atoms. The fourth-order valence-electron chi connectivity index (χ4n) is 3.82. The zero-order chi connectivity index (χ0) is 18.8. The highest BCUT2D eigenvalue weighted by atomic mass is 35.7. The fourth-order valence-corrected chi connectivity index (χ4v) is 10.4. The quantitative estimate of drug-likeness (QED) is 0.484. The van der Waals surface area contributed by atoms with Gasteiger partial charge in [-0.2, -0.15) is 0 Å². The molecule has 0 fully saturated rings. The van der Waals surface area contributed by atoms with Crippen molar-refractivity contribution >= 4 is 37.7 Å². The Hall–Kier alpha value is -0.930. The summed E-state index contributed by atoms with van der Waals surface area (Å²) in [6, 6.07) is 17.7. The summed E-state index contributed by atoms with van der Waals surface area (Å²) in [4.78, 5) is -0.0778. The van der Waals surface area contributed by atoms with Gasteiger partial charge in [-0.05, 0) is 57.9 Å². The molecule has 0 N–H and O–H groups in total. The van der Waals surface area contributed by atoms with Crippen LogP contribution in [0.3, 0.4) is 0 Å². The molecule has 0 heterocycles. The molecular weight excluding hydrogens is 374 g/mol. The van der Waals surface area contributed by atoms with E-state index in [1.165, 1.54) is 21.7 Å². The van der Waals surface area contributed by atoms with Crippen molar-refractivity contribution < 1.29 is 0 Å². The van der Waals surface area contributed by atoms with E-state index in [0.717, 1.165) is 6.42 Å². The third-order valence-electron chi connectivity index (χ3n) is 5.73. The van der Waals surface area contributed by atoms with Crippen molar-refractivity contribution in [3.05, 3.63) is 84.0 Å². The largest absolute Gasteiger partial charge is 0.0987 e. The Morgan fingerprint density at radius 3 is 1.85 bits per heavy atom. The summed E-state index contributed by atoms with van der Waals surface area (Å²) in [5.41, 5.74) is 2.76. The third kappa shape index (κ3) is 3.22. The average molecular weight is 401 g/mol. The Morgan fingerprint density at radius 1 is 0.885 bits per heavy atom. The van der Waals surface area contributed by atoms with Crippen LogP contribution < -0.4 is 10.6 Å². The topological polar surface area (TPSA) is 0 Å². The highest BCUT2D eigenvalue weighted by Gasteiger charge is 2.51. The molecule has 3 heteroatoms. The summed E-state index contributed by atoms with van der Waals surface area (Å²) in [5, 5.41) is 2.90. The maximum atomic E-state index is 6.86. The van der Waals surface area contributed by atoms with Gasteiger partial charge in [0.15, 0.2) is 0 Å². The molecule has 2 aromatic carbocycles. The van der Waals surface area contributed by atoms with Crippen molar-refractivity contribution in [2.45, 2.75) is 39.0 Å². The Morgan fingerprint density at radius 2 is 1.38 bits per heavy atom. The lowest BCUT2D eigenvalue weighted by Gasteiger charge is -2.51. The minimum atomic E-state index is -0.646. The van der Waals surface area contributed by atoms with Gasteiger partial charge in [-0.1, -0.05) is 97.9 Å². The Kier molecular flexibility index (Phi) is 6.08. The fraction of sp³-hybridized carbons (Fsp3) is 0.304. The van der Waals surface area contributed by atoms with Crippen molar-refractivity contribution in [2.24, 2.45) is 5.41 Å². The molecule has 0 amide bonds. The minimum Gasteiger partial charge on any atom is -0.0987 e. The second kappa shape index (κ2) is 7.98. The summed E-state index contributed by atoms with van der Waals surface area (Å²) in [5.74, 6) is 0. The van der Waals surface area contributed by atoms with Crippen LogP contribution in [0.1, 0.15) is 31.4 Å². The van der Waals surface area contributed by atoms with Gasteiger partial charge in [0.1, 0.15) is 0 Å². The van der Waals surface area contributed by atoms with Gasteiger partial charge in [0.25, 0.3) is 0 Å². The summed E-state index contributed by atoms with van der Waals surface area (Å²) in [7, 11) is -0.324. The van der Waals surface area contributed by atoms with E-state index in [-0.39, 0.29) is 10.3 Å².